The van der Waals surface area contributed by atoms with Crippen LogP contribution in [-0.2, 0) is 4.74 Å². The number of halogens is 2. The molecule has 2 nitrogen and oxygen atoms in total. The van der Waals surface area contributed by atoms with E-state index in [-0.39, 0.29) is 6.61 Å². The van der Waals surface area contributed by atoms with Crippen molar-refractivity contribution in [2.24, 2.45) is 0 Å². The van der Waals surface area contributed by atoms with Crippen molar-refractivity contribution in [2.75, 3.05) is 13.2 Å². The summed E-state index contributed by atoms with van der Waals surface area (Å²) in [5.74, 6) is 0.501. The third kappa shape index (κ3) is 5.66. The van der Waals surface area contributed by atoms with E-state index in [4.69, 9.17) is 4.74 Å². The lowest BCUT2D eigenvalue weighted by Crippen LogP contribution is -2.08. The van der Waals surface area contributed by atoms with Gasteiger partial charge < -0.3 is 9.84 Å². The molecule has 0 saturated carbocycles. The molecule has 1 N–H and O–H groups in total. The van der Waals surface area contributed by atoms with Crippen LogP contribution in [0.2, 0.25) is 0 Å². The first-order valence-electron chi connectivity index (χ1n) is 6.68. The number of aliphatic hydroxyl groups excluding tert-OH is 1. The van der Waals surface area contributed by atoms with Gasteiger partial charge in [-0.25, -0.2) is 8.78 Å². The second-order valence-electron chi connectivity index (χ2n) is 4.75. The monoisotopic (exact) mass is 272 g/mol. The van der Waals surface area contributed by atoms with Crippen LogP contribution < -0.4 is 0 Å². The van der Waals surface area contributed by atoms with Crippen LogP contribution in [0.25, 0.3) is 0 Å². The maximum Gasteiger partial charge on any atom is 0.261 e. The molecule has 0 spiro atoms. The van der Waals surface area contributed by atoms with Gasteiger partial charge in [-0.1, -0.05) is 38.1 Å². The Kier molecular flexibility index (Phi) is 6.95. The molecule has 0 aliphatic heterocycles. The lowest BCUT2D eigenvalue weighted by molar-refractivity contribution is 0.00481. The molecule has 108 valence electrons. The van der Waals surface area contributed by atoms with Crippen molar-refractivity contribution in [3.8, 4) is 0 Å². The average Bonchev–Trinajstić information content (AvgIpc) is 2.42. The topological polar surface area (TPSA) is 29.5 Å². The van der Waals surface area contributed by atoms with Gasteiger partial charge in [-0.05, 0) is 23.5 Å². The van der Waals surface area contributed by atoms with Gasteiger partial charge in [-0.15, -0.1) is 0 Å². The minimum absolute atomic E-state index is 0.138. The van der Waals surface area contributed by atoms with Crippen molar-refractivity contribution in [3.63, 3.8) is 0 Å². The predicted molar refractivity (Wildman–Crippen MR) is 71.5 cm³/mol. The summed E-state index contributed by atoms with van der Waals surface area (Å²) >= 11 is 0. The maximum absolute atomic E-state index is 11.8. The Bertz CT molecular complexity index is 352. The fraction of sp³-hybridized carbons (Fsp3) is 0.600. The molecule has 0 radical (unpaired) electrons. The Hall–Kier alpha value is -1.00. The summed E-state index contributed by atoms with van der Waals surface area (Å²) in [7, 11) is 0. The Labute approximate surface area is 113 Å². The molecule has 0 aromatic heterocycles. The summed E-state index contributed by atoms with van der Waals surface area (Å²) in [5, 5.41) is 9.90. The van der Waals surface area contributed by atoms with Crippen LogP contribution in [0.4, 0.5) is 8.78 Å². The highest BCUT2D eigenvalue weighted by molar-refractivity contribution is 5.26. The van der Waals surface area contributed by atoms with Crippen molar-refractivity contribution >= 4 is 0 Å². The quantitative estimate of drug-likeness (QED) is 0.727. The zero-order valence-corrected chi connectivity index (χ0v) is 11.5. The number of hydrogen-bond acceptors (Lipinski definition) is 2. The van der Waals surface area contributed by atoms with Gasteiger partial charge in [0.15, 0.2) is 0 Å². The van der Waals surface area contributed by atoms with Crippen LogP contribution in [0.1, 0.15) is 49.8 Å². The van der Waals surface area contributed by atoms with Gasteiger partial charge in [0.1, 0.15) is 6.61 Å². The lowest BCUT2D eigenvalue weighted by Gasteiger charge is -2.14. The zero-order chi connectivity index (χ0) is 14.3. The largest absolute Gasteiger partial charge is 0.388 e. The zero-order valence-electron chi connectivity index (χ0n) is 11.5. The molecule has 0 saturated heterocycles. The van der Waals surface area contributed by atoms with Gasteiger partial charge in [0.2, 0.25) is 0 Å². The second kappa shape index (κ2) is 8.23. The van der Waals surface area contributed by atoms with Gasteiger partial charge >= 0.3 is 0 Å². The van der Waals surface area contributed by atoms with E-state index in [2.05, 4.69) is 13.8 Å². The lowest BCUT2D eigenvalue weighted by atomic mass is 9.96. The van der Waals surface area contributed by atoms with Crippen LogP contribution >= 0.6 is 0 Å². The van der Waals surface area contributed by atoms with Gasteiger partial charge in [0.25, 0.3) is 6.43 Å². The van der Waals surface area contributed by atoms with Gasteiger partial charge in [-0.2, -0.15) is 0 Å². The van der Waals surface area contributed by atoms with Crippen LogP contribution in [0.3, 0.4) is 0 Å². The standard InChI is InChI=1S/C15H22F2O2/c1-3-11(2)12-4-6-13(7-5-12)14(18)8-9-19-10-15(16)17/h4-7,11,14-15,18H,3,8-10H2,1-2H3. The third-order valence-electron chi connectivity index (χ3n) is 3.28. The number of rotatable bonds is 8. The highest BCUT2D eigenvalue weighted by atomic mass is 19.3. The third-order valence-corrected chi connectivity index (χ3v) is 3.28. The summed E-state index contributed by atoms with van der Waals surface area (Å²) in [6.45, 7) is 3.86. The Morgan fingerprint density at radius 3 is 2.26 bits per heavy atom. The van der Waals surface area contributed by atoms with E-state index in [0.29, 0.717) is 12.3 Å². The summed E-state index contributed by atoms with van der Waals surface area (Å²) in [4.78, 5) is 0. The molecule has 19 heavy (non-hydrogen) atoms. The summed E-state index contributed by atoms with van der Waals surface area (Å²) < 4.78 is 28.5. The molecular formula is C15H22F2O2. The molecule has 0 aliphatic rings. The Morgan fingerprint density at radius 2 is 1.74 bits per heavy atom. The molecule has 1 aromatic carbocycles. The Morgan fingerprint density at radius 1 is 1.16 bits per heavy atom. The fourth-order valence-electron chi connectivity index (χ4n) is 1.82. The molecule has 0 bridgehead atoms. The predicted octanol–water partition coefficient (Wildman–Crippen LogP) is 3.91. The summed E-state index contributed by atoms with van der Waals surface area (Å²) in [5.41, 5.74) is 2.04. The van der Waals surface area contributed by atoms with Crippen molar-refractivity contribution < 1.29 is 18.6 Å². The average molecular weight is 272 g/mol. The molecule has 1 aromatic rings. The van der Waals surface area contributed by atoms with E-state index >= 15 is 0 Å². The highest BCUT2D eigenvalue weighted by Crippen LogP contribution is 2.22. The smallest absolute Gasteiger partial charge is 0.261 e. The van der Waals surface area contributed by atoms with Gasteiger partial charge in [0, 0.05) is 13.0 Å². The number of hydrogen-bond donors (Lipinski definition) is 1. The highest BCUT2D eigenvalue weighted by Gasteiger charge is 2.10. The van der Waals surface area contributed by atoms with Crippen LogP contribution in [0, 0.1) is 0 Å². The first-order chi connectivity index (χ1) is 9.04. The number of ether oxygens (including phenoxy) is 1. The normalized spacial score (nSPS) is 14.6. The number of aliphatic hydroxyl groups is 1. The molecule has 1 rings (SSSR count). The second-order valence-corrected chi connectivity index (χ2v) is 4.75. The first-order valence-corrected chi connectivity index (χ1v) is 6.68. The molecular weight excluding hydrogens is 250 g/mol. The van der Waals surface area contributed by atoms with E-state index < -0.39 is 19.1 Å². The van der Waals surface area contributed by atoms with Gasteiger partial charge in [0.05, 0.1) is 6.10 Å². The number of alkyl halides is 2. The van der Waals surface area contributed by atoms with Crippen molar-refractivity contribution in [2.45, 2.75) is 45.1 Å². The minimum atomic E-state index is -2.45. The number of benzene rings is 1. The van der Waals surface area contributed by atoms with E-state index in [1.54, 1.807) is 0 Å². The van der Waals surface area contributed by atoms with Crippen LogP contribution in [-0.4, -0.2) is 24.7 Å². The molecule has 4 heteroatoms. The molecule has 2 atom stereocenters. The van der Waals surface area contributed by atoms with Crippen molar-refractivity contribution in [1.29, 1.82) is 0 Å². The summed E-state index contributed by atoms with van der Waals surface area (Å²) in [6.07, 6.45) is -1.71. The molecule has 0 amide bonds. The maximum atomic E-state index is 11.8. The molecule has 0 heterocycles. The SMILES string of the molecule is CCC(C)c1ccc(C(O)CCOCC(F)F)cc1. The van der Waals surface area contributed by atoms with E-state index in [1.807, 2.05) is 24.3 Å². The minimum Gasteiger partial charge on any atom is -0.388 e. The van der Waals surface area contributed by atoms with E-state index in [9.17, 15) is 13.9 Å². The fourth-order valence-corrected chi connectivity index (χ4v) is 1.82. The van der Waals surface area contributed by atoms with Crippen LogP contribution in [0.15, 0.2) is 24.3 Å². The molecule has 0 aliphatic carbocycles. The van der Waals surface area contributed by atoms with Gasteiger partial charge in [-0.3, -0.25) is 0 Å². The van der Waals surface area contributed by atoms with E-state index in [1.165, 1.54) is 5.56 Å². The van der Waals surface area contributed by atoms with Crippen LogP contribution in [0.5, 0.6) is 0 Å². The Balaban J connectivity index is 2.42. The van der Waals surface area contributed by atoms with E-state index in [0.717, 1.165) is 12.0 Å². The summed E-state index contributed by atoms with van der Waals surface area (Å²) in [6, 6.07) is 7.79. The molecule has 0 fully saturated rings. The first kappa shape index (κ1) is 16.1. The molecule has 2 unspecified atom stereocenters. The van der Waals surface area contributed by atoms with Crippen molar-refractivity contribution in [3.05, 3.63) is 35.4 Å². The van der Waals surface area contributed by atoms with Crippen molar-refractivity contribution in [1.82, 2.24) is 0 Å².